The van der Waals surface area contributed by atoms with Crippen LogP contribution in [0.15, 0.2) is 251 Å². The van der Waals surface area contributed by atoms with Crippen LogP contribution in [0, 0.1) is 19.8 Å². The van der Waals surface area contributed by atoms with E-state index in [-0.39, 0.29) is 63.7 Å². The fourth-order valence-electron chi connectivity index (χ4n) is 17.8. The highest BCUT2D eigenvalue weighted by Gasteiger charge is 2.35. The number of sulfone groups is 2. The van der Waals surface area contributed by atoms with Crippen molar-refractivity contribution in [2.75, 3.05) is 108 Å². The number of ether oxygens (including phenoxy) is 4. The molecular weight excluding hydrogens is 1930 g/mol. The second-order valence-electron chi connectivity index (χ2n) is 35.6. The van der Waals surface area contributed by atoms with Crippen LogP contribution in [0.5, 0.6) is 23.0 Å². The molecule has 0 radical (unpaired) electrons. The van der Waals surface area contributed by atoms with Crippen LogP contribution in [-0.2, 0) is 54.8 Å². The molecular formula is C103H108ClN17O12S7. The molecule has 140 heavy (non-hydrogen) atoms. The van der Waals surface area contributed by atoms with Crippen molar-refractivity contribution in [2.45, 2.75) is 132 Å². The first kappa shape index (κ1) is 98.4. The molecule has 29 nitrogen and oxygen atoms in total. The molecule has 9 aromatic heterocycles. The Balaban J connectivity index is 0.000000139. The van der Waals surface area contributed by atoms with E-state index in [1.807, 2.05) is 153 Å². The lowest BCUT2D eigenvalue weighted by molar-refractivity contribution is 0.0808. The summed E-state index contributed by atoms with van der Waals surface area (Å²) in [6.07, 6.45) is 14.7. The summed E-state index contributed by atoms with van der Waals surface area (Å²) in [5.74, 6) is 5.04. The molecule has 4 saturated heterocycles. The number of fused-ring (bicyclic) bond motifs is 3. The third-order valence-electron chi connectivity index (χ3n) is 25.4. The van der Waals surface area contributed by atoms with Crippen molar-refractivity contribution in [3.05, 3.63) is 292 Å². The van der Waals surface area contributed by atoms with Crippen LogP contribution in [0.3, 0.4) is 0 Å². The Morgan fingerprint density at radius 3 is 1.82 bits per heavy atom. The van der Waals surface area contributed by atoms with Crippen molar-refractivity contribution in [1.29, 1.82) is 0 Å². The number of thiophene rings is 2. The van der Waals surface area contributed by atoms with Gasteiger partial charge >= 0.3 is 0 Å². The first-order chi connectivity index (χ1) is 67.9. The molecule has 5 fully saturated rings. The Kier molecular flexibility index (Phi) is 31.4. The Labute approximate surface area is 835 Å². The molecule has 20 rings (SSSR count). The highest BCUT2D eigenvalue weighted by molar-refractivity contribution is 7.99. The number of aromatic nitrogens is 10. The van der Waals surface area contributed by atoms with Gasteiger partial charge in [-0.3, -0.25) is 32.3 Å². The summed E-state index contributed by atoms with van der Waals surface area (Å²) < 4.78 is 101. The van der Waals surface area contributed by atoms with E-state index in [0.717, 1.165) is 162 Å². The van der Waals surface area contributed by atoms with Crippen molar-refractivity contribution in [2.24, 2.45) is 5.92 Å². The Hall–Kier alpha value is -11.8. The molecule has 0 spiro atoms. The van der Waals surface area contributed by atoms with Crippen LogP contribution in [0.4, 0.5) is 34.9 Å². The fourth-order valence-corrected chi connectivity index (χ4v) is 27.8. The number of piperidine rings is 1. The van der Waals surface area contributed by atoms with Crippen LogP contribution >= 0.6 is 57.6 Å². The van der Waals surface area contributed by atoms with E-state index >= 15 is 0 Å². The summed E-state index contributed by atoms with van der Waals surface area (Å²) in [7, 11) is -2.55. The number of pyridine rings is 3. The number of likely N-dealkylation sites (N-methyl/N-ethyl adjacent to an activating group) is 1. The summed E-state index contributed by atoms with van der Waals surface area (Å²) >= 11 is 12.2. The summed E-state index contributed by atoms with van der Waals surface area (Å²) in [6, 6.07) is 53.7. The number of nitrogens with one attached hydrogen (secondary N) is 5. The quantitative estimate of drug-likeness (QED) is 0.0279. The van der Waals surface area contributed by atoms with Gasteiger partial charge in [0.15, 0.2) is 15.6 Å². The predicted molar refractivity (Wildman–Crippen MR) is 560 cm³/mol. The van der Waals surface area contributed by atoms with Crippen molar-refractivity contribution >= 4 is 162 Å². The number of thioether (sulfide) groups is 1. The average molecular weight is 2040 g/mol. The summed E-state index contributed by atoms with van der Waals surface area (Å²) in [5.41, 5.74) is 8.98. The number of aryl methyl sites for hydroxylation is 2. The zero-order valence-electron chi connectivity index (χ0n) is 78.1. The lowest BCUT2D eigenvalue weighted by atomic mass is 9.88. The Morgan fingerprint density at radius 1 is 0.600 bits per heavy atom. The van der Waals surface area contributed by atoms with Crippen LogP contribution in [-0.4, -0.2) is 188 Å². The molecule has 1 aliphatic carbocycles. The van der Waals surface area contributed by atoms with Gasteiger partial charge in [0.1, 0.15) is 54.8 Å². The molecule has 6 aromatic carbocycles. The van der Waals surface area contributed by atoms with E-state index < -0.39 is 41.3 Å². The monoisotopic (exact) mass is 2030 g/mol. The first-order valence-corrected chi connectivity index (χ1v) is 55.0. The number of benzene rings is 6. The number of halogens is 1. The minimum Gasteiger partial charge on any atom is -0.490 e. The highest BCUT2D eigenvalue weighted by Crippen LogP contribution is 2.40. The highest BCUT2D eigenvalue weighted by atomic mass is 35.5. The van der Waals surface area contributed by atoms with Gasteiger partial charge in [0.05, 0.1) is 45.5 Å². The first-order valence-electron chi connectivity index (χ1n) is 46.7. The van der Waals surface area contributed by atoms with Gasteiger partial charge in [0.2, 0.25) is 27.7 Å². The van der Waals surface area contributed by atoms with E-state index in [2.05, 4.69) is 76.6 Å². The summed E-state index contributed by atoms with van der Waals surface area (Å²) in [5, 5.41) is 22.7. The molecule has 15 aromatic rings. The molecule has 0 amide bonds. The lowest BCUT2D eigenvalue weighted by Crippen LogP contribution is -2.34. The smallest absolute Gasteiger partial charge is 0.295 e. The van der Waals surface area contributed by atoms with E-state index in [1.54, 1.807) is 89.2 Å². The Morgan fingerprint density at radius 2 is 1.20 bits per heavy atom. The maximum absolute atomic E-state index is 14.3. The predicted octanol–water partition coefficient (Wildman–Crippen LogP) is 18.3. The topological polar surface area (TPSA) is 345 Å². The van der Waals surface area contributed by atoms with Crippen molar-refractivity contribution in [3.8, 4) is 34.1 Å². The number of anilines is 6. The van der Waals surface area contributed by atoms with Gasteiger partial charge in [-0.2, -0.15) is 31.1 Å². The molecule has 726 valence electrons. The average Bonchev–Trinajstić information content (AvgIpc) is 0.935. The Bertz CT molecular complexity index is 7450. The number of nitrogens with zero attached hydrogens (tertiary/aromatic N) is 12. The van der Waals surface area contributed by atoms with Gasteiger partial charge in [0, 0.05) is 158 Å². The number of allylic oxidation sites excluding steroid dienone is 1. The molecule has 1 saturated carbocycles. The normalized spacial score (nSPS) is 16.5. The molecule has 5 aliphatic rings. The van der Waals surface area contributed by atoms with Gasteiger partial charge in [-0.25, -0.2) is 31.8 Å². The molecule has 3 unspecified atom stereocenters. The number of hydrogen-bond donors (Lipinski definition) is 5. The van der Waals surface area contributed by atoms with E-state index in [0.29, 0.717) is 132 Å². The van der Waals surface area contributed by atoms with Gasteiger partial charge in [-0.05, 0) is 259 Å². The second kappa shape index (κ2) is 44.6. The molecule has 4 aliphatic heterocycles. The molecule has 13 heterocycles. The molecule has 37 heteroatoms. The van der Waals surface area contributed by atoms with Crippen LogP contribution in [0.1, 0.15) is 101 Å². The zero-order valence-corrected chi connectivity index (χ0v) is 84.5. The van der Waals surface area contributed by atoms with Crippen LogP contribution in [0.2, 0.25) is 5.02 Å². The molecule has 5 N–H and O–H groups in total. The largest absolute Gasteiger partial charge is 0.490 e. The van der Waals surface area contributed by atoms with Gasteiger partial charge in [0.25, 0.3) is 16.7 Å². The number of para-hydroxylation sites is 1. The number of rotatable bonds is 30. The van der Waals surface area contributed by atoms with E-state index in [1.165, 1.54) is 43.6 Å². The number of hydrogen-bond acceptors (Lipinski definition) is 30. The third-order valence-corrected chi connectivity index (χ3v) is 36.5. The summed E-state index contributed by atoms with van der Waals surface area (Å²) in [6.45, 7) is 16.3. The van der Waals surface area contributed by atoms with Gasteiger partial charge in [-0.15, -0.1) is 22.7 Å². The van der Waals surface area contributed by atoms with E-state index in [9.17, 15) is 35.4 Å². The zero-order chi connectivity index (χ0) is 97.1. The standard InChI is InChI=1S/C35H37N5O5S2.C34H29ClN6O3S3.C34H42N6O4S2/c1-23-6-2-5-9-30(23)45-31-20-25-21-37-35(38-26-10-12-27(13-11-26)44-28-14-17-36-18-15-28)39-32(25)40(33(31)41)22-24-16-19-46-34(24)47(42,43)29-7-3-4-8-29;1-21-7-12-27(29(35)15-21)28-16-23-17-37-34(39-25-10-8-22(9-11-25)30-19-36-13-14-45-30)40-31(23)41(32(28)42)20-24-18-38-46-33(24)47(43,44)26-5-3-2-4-6-26;1-23(24-10-15-43-16-11-24)29-19-25-20-35-34(36-26-5-7-27(8-6-26)44-28-9-13-39(4)21-28)37-32(25)40(33(29)41)22-30-31(12-17-45-30)46(42)18-14-38(2)3/h2,5-6,9-13,16,19-21,28-29,36H,3-4,7-8,14-15,17-18,22H2,1H3,(H,37,38,39);2-12,15-18,30,36H,13-14,19-20H2,1H3,(H,37,39,40);5-8,12,17,19-20,24,28H,1,9-11,13-16,18,21-22H2,2-4H3,(H,35,36,37). The van der Waals surface area contributed by atoms with E-state index in [4.69, 9.17) is 45.5 Å². The number of likely N-dealkylation sites (tertiary alicyclic amines) is 1. The fraction of sp³-hybridized carbons (Fsp3) is 0.320. The lowest BCUT2D eigenvalue weighted by Gasteiger charge is -2.24. The molecule has 0 bridgehead atoms. The van der Waals surface area contributed by atoms with Crippen molar-refractivity contribution in [1.82, 2.24) is 68.4 Å². The molecule has 3 atom stereocenters. The van der Waals surface area contributed by atoms with Gasteiger partial charge < -0.3 is 55.3 Å². The van der Waals surface area contributed by atoms with Gasteiger partial charge in [-0.1, -0.05) is 91.7 Å². The minimum atomic E-state index is -3.88. The van der Waals surface area contributed by atoms with Crippen molar-refractivity contribution < 1.29 is 40.0 Å². The summed E-state index contributed by atoms with van der Waals surface area (Å²) in [4.78, 5) is 76.8. The van der Waals surface area contributed by atoms with Crippen LogP contribution in [0.25, 0.3) is 49.8 Å². The SMILES string of the molecule is C=C(c1cc2cnc(Nc3ccc(OC4CCN(C)C4)cc3)nc2n(Cc2sccc2S(=O)CCN(C)C)c1=O)C1CCOCC1.Cc1ccc(-c2cc3cnc(Nc4ccc(C5CNCCS5)cc4)nc3n(Cc3cnsc3S(=O)(=O)c3ccccc3)c2=O)c(Cl)c1.Cc1ccccc1Oc1cc2cnc(Nc3ccc(OC4CCNCC4)cc3)nc2n(Cc2ccsc2S(=O)(=O)C2CCCC2)c1=O. The third kappa shape index (κ3) is 23.2. The van der Waals surface area contributed by atoms with Crippen LogP contribution < -0.4 is 57.5 Å². The second-order valence-corrected chi connectivity index (χ2v) is 46.2. The maximum atomic E-state index is 14.3. The van der Waals surface area contributed by atoms with Crippen molar-refractivity contribution in [3.63, 3.8) is 0 Å². The maximum Gasteiger partial charge on any atom is 0.295 e. The minimum absolute atomic E-state index is 0.0181.